The van der Waals surface area contributed by atoms with Crippen molar-refractivity contribution in [2.75, 3.05) is 5.01 Å². The van der Waals surface area contributed by atoms with Crippen LogP contribution in [0.25, 0.3) is 45.1 Å². The predicted octanol–water partition coefficient (Wildman–Crippen LogP) is 9.37. The third kappa shape index (κ3) is 4.02. The quantitative estimate of drug-likeness (QED) is 0.184. The van der Waals surface area contributed by atoms with Gasteiger partial charge in [0.25, 0.3) is 0 Å². The molecule has 48 heavy (non-hydrogen) atoms. The minimum absolute atomic E-state index is 0.0755. The molecular formula is C42H28N5O+. The summed E-state index contributed by atoms with van der Waals surface area (Å²) in [6.07, 6.45) is 10.0. The molecule has 0 amide bonds. The van der Waals surface area contributed by atoms with Crippen molar-refractivity contribution in [2.45, 2.75) is 6.04 Å². The van der Waals surface area contributed by atoms with E-state index in [0.29, 0.717) is 5.88 Å². The van der Waals surface area contributed by atoms with Crippen LogP contribution < -0.4 is 14.5 Å². The minimum Gasteiger partial charge on any atom is -0.439 e. The first-order chi connectivity index (χ1) is 23.8. The lowest BCUT2D eigenvalue weighted by molar-refractivity contribution is -0.734. The molecule has 1 atom stereocenters. The van der Waals surface area contributed by atoms with Crippen LogP contribution in [0.4, 0.5) is 11.4 Å². The van der Waals surface area contributed by atoms with Crippen LogP contribution in [0, 0.1) is 0 Å². The average Bonchev–Trinajstić information content (AvgIpc) is 3.56. The topological polar surface area (TPSA) is 47.1 Å². The molecule has 4 heterocycles. The van der Waals surface area contributed by atoms with Crippen molar-refractivity contribution in [3.05, 3.63) is 174 Å². The van der Waals surface area contributed by atoms with E-state index >= 15 is 0 Å². The van der Waals surface area contributed by atoms with Crippen LogP contribution in [-0.2, 0) is 0 Å². The van der Waals surface area contributed by atoms with Gasteiger partial charge in [0.05, 0.1) is 17.8 Å². The first kappa shape index (κ1) is 26.7. The zero-order valence-corrected chi connectivity index (χ0v) is 25.8. The van der Waals surface area contributed by atoms with Gasteiger partial charge in [-0.3, -0.25) is 0 Å². The van der Waals surface area contributed by atoms with E-state index in [1.165, 1.54) is 38.5 Å². The van der Waals surface area contributed by atoms with Gasteiger partial charge in [-0.15, -0.1) is 0 Å². The van der Waals surface area contributed by atoms with Crippen molar-refractivity contribution >= 4 is 45.3 Å². The van der Waals surface area contributed by atoms with E-state index in [4.69, 9.17) is 9.84 Å². The largest absolute Gasteiger partial charge is 0.439 e. The summed E-state index contributed by atoms with van der Waals surface area (Å²) >= 11 is 0. The first-order valence-corrected chi connectivity index (χ1v) is 16.1. The molecule has 1 aliphatic carbocycles. The lowest BCUT2D eigenvalue weighted by atomic mass is 10.0. The second-order valence-corrected chi connectivity index (χ2v) is 12.1. The van der Waals surface area contributed by atoms with E-state index in [-0.39, 0.29) is 6.04 Å². The zero-order chi connectivity index (χ0) is 31.6. The molecule has 0 N–H and O–H groups in total. The maximum atomic E-state index is 6.28. The van der Waals surface area contributed by atoms with Crippen molar-refractivity contribution in [2.24, 2.45) is 0 Å². The van der Waals surface area contributed by atoms with Gasteiger partial charge in [-0.1, -0.05) is 90.0 Å². The van der Waals surface area contributed by atoms with Crippen LogP contribution in [0.5, 0.6) is 11.6 Å². The number of nitrogens with zero attached hydrogens (tertiary/aromatic N) is 5. The Bertz CT molecular complexity index is 2560. The molecule has 1 unspecified atom stereocenters. The van der Waals surface area contributed by atoms with Crippen molar-refractivity contribution in [3.8, 4) is 22.8 Å². The molecular weight excluding hydrogens is 590 g/mol. The van der Waals surface area contributed by atoms with Gasteiger partial charge < -0.3 is 9.30 Å². The number of para-hydroxylation sites is 2. The maximum absolute atomic E-state index is 6.28. The van der Waals surface area contributed by atoms with Gasteiger partial charge >= 0.3 is 0 Å². The molecule has 226 valence electrons. The van der Waals surface area contributed by atoms with E-state index in [9.17, 15) is 0 Å². The Kier molecular flexibility index (Phi) is 5.84. The number of aromatic nitrogens is 4. The number of benzene rings is 5. The number of ether oxygens (including phenoxy) is 1. The Morgan fingerprint density at radius 1 is 0.583 bits per heavy atom. The molecule has 5 aromatic carbocycles. The number of rotatable bonds is 4. The minimum atomic E-state index is -0.0755. The van der Waals surface area contributed by atoms with E-state index < -0.39 is 0 Å². The molecule has 10 rings (SSSR count). The Labute approximate surface area is 277 Å². The molecule has 6 heteroatoms. The molecule has 2 aliphatic rings. The third-order valence-corrected chi connectivity index (χ3v) is 9.48. The van der Waals surface area contributed by atoms with Crippen LogP contribution in [0.2, 0.25) is 0 Å². The predicted molar refractivity (Wildman–Crippen MR) is 190 cm³/mol. The van der Waals surface area contributed by atoms with E-state index in [1.54, 1.807) is 6.20 Å². The highest BCUT2D eigenvalue weighted by Gasteiger charge is 2.34. The lowest BCUT2D eigenvalue weighted by Gasteiger charge is -2.21. The summed E-state index contributed by atoms with van der Waals surface area (Å²) in [5, 5.41) is 9.39. The highest BCUT2D eigenvalue weighted by atomic mass is 16.5. The monoisotopic (exact) mass is 618 g/mol. The van der Waals surface area contributed by atoms with E-state index in [2.05, 4.69) is 124 Å². The number of hydrogen-bond acceptors (Lipinski definition) is 4. The van der Waals surface area contributed by atoms with Crippen molar-refractivity contribution in [1.82, 2.24) is 14.6 Å². The molecule has 0 radical (unpaired) electrons. The summed E-state index contributed by atoms with van der Waals surface area (Å²) in [5.74, 6) is 1.34. The van der Waals surface area contributed by atoms with Gasteiger partial charge in [0.2, 0.25) is 12.1 Å². The maximum Gasteiger partial charge on any atom is 0.231 e. The molecule has 0 bridgehead atoms. The molecule has 0 saturated heterocycles. The van der Waals surface area contributed by atoms with Gasteiger partial charge in [-0.2, -0.15) is 0 Å². The summed E-state index contributed by atoms with van der Waals surface area (Å²) < 4.78 is 8.80. The van der Waals surface area contributed by atoms with Gasteiger partial charge in [-0.25, -0.2) is 4.98 Å². The van der Waals surface area contributed by atoms with Gasteiger partial charge in [0.1, 0.15) is 17.1 Å². The Hall–Kier alpha value is -6.53. The Morgan fingerprint density at radius 3 is 2.31 bits per heavy atom. The van der Waals surface area contributed by atoms with Crippen LogP contribution in [0.1, 0.15) is 28.3 Å². The number of hydrogen-bond donors (Lipinski definition) is 0. The van der Waals surface area contributed by atoms with E-state index in [1.807, 2.05) is 53.6 Å². The highest BCUT2D eigenvalue weighted by molar-refractivity contribution is 6.11. The van der Waals surface area contributed by atoms with E-state index in [0.717, 1.165) is 33.8 Å². The van der Waals surface area contributed by atoms with Crippen LogP contribution >= 0.6 is 0 Å². The van der Waals surface area contributed by atoms with Crippen LogP contribution in [0.15, 0.2) is 152 Å². The van der Waals surface area contributed by atoms with Crippen molar-refractivity contribution < 1.29 is 9.53 Å². The highest BCUT2D eigenvalue weighted by Crippen LogP contribution is 2.50. The standard InChI is InChI=1S/C42H28N5O/c1-5-15-37-28(11-1)18-19-29-25-35-33-13-4-6-16-38(33)46(40(35)27-39(29)47(37)45-24-10-9-23-44-45)42-34-14-3-2-12-31(34)32-21-20-30(26-36(32)42)48-41-17-7-8-22-43-41/h1-27,42H/q+1. The summed E-state index contributed by atoms with van der Waals surface area (Å²) in [6.45, 7) is 0. The Morgan fingerprint density at radius 2 is 1.40 bits per heavy atom. The fourth-order valence-electron chi connectivity index (χ4n) is 7.47. The SMILES string of the molecule is C1=Cc2cc3c4ccccc4n(C4c5ccccc5-c5ccc(Oc6ccccn6)cc54)c3cc2N([n+]2ccccn2)c2ccccc21. The summed E-state index contributed by atoms with van der Waals surface area (Å²) in [4.78, 5) is 6.33. The smallest absolute Gasteiger partial charge is 0.231 e. The molecule has 0 fully saturated rings. The number of pyridine rings is 1. The molecule has 1 aliphatic heterocycles. The van der Waals surface area contributed by atoms with Crippen molar-refractivity contribution in [3.63, 3.8) is 0 Å². The lowest BCUT2D eigenvalue weighted by Crippen LogP contribution is -2.54. The first-order valence-electron chi connectivity index (χ1n) is 16.1. The molecule has 6 nitrogen and oxygen atoms in total. The van der Waals surface area contributed by atoms with Gasteiger partial charge in [0, 0.05) is 55.6 Å². The fourth-order valence-corrected chi connectivity index (χ4v) is 7.47. The average molecular weight is 619 g/mol. The summed E-state index contributed by atoms with van der Waals surface area (Å²) in [6, 6.07) is 46.7. The fraction of sp³-hybridized carbons (Fsp3) is 0.0238. The number of anilines is 2. The molecule has 0 spiro atoms. The molecule has 0 saturated carbocycles. The second kappa shape index (κ2) is 10.5. The Balaban J connectivity index is 1.25. The van der Waals surface area contributed by atoms with Crippen LogP contribution in [0.3, 0.4) is 0 Å². The summed E-state index contributed by atoms with van der Waals surface area (Å²) in [5.41, 5.74) is 11.6. The number of fused-ring (bicyclic) bond motifs is 8. The van der Waals surface area contributed by atoms with Crippen LogP contribution in [-0.4, -0.2) is 14.6 Å². The van der Waals surface area contributed by atoms with Gasteiger partial charge in [0.15, 0.2) is 0 Å². The zero-order valence-electron chi connectivity index (χ0n) is 25.8. The summed E-state index contributed by atoms with van der Waals surface area (Å²) in [7, 11) is 0. The molecule has 8 aromatic rings. The van der Waals surface area contributed by atoms with Crippen molar-refractivity contribution in [1.29, 1.82) is 0 Å². The third-order valence-electron chi connectivity index (χ3n) is 9.48. The molecule has 3 aromatic heterocycles. The normalized spacial score (nSPS) is 14.3. The second-order valence-electron chi connectivity index (χ2n) is 12.1. The van der Waals surface area contributed by atoms with Gasteiger partial charge in [-0.05, 0) is 70.8 Å².